The van der Waals surface area contributed by atoms with Crippen LogP contribution in [0.1, 0.15) is 24.8 Å². The second-order valence-corrected chi connectivity index (χ2v) is 6.71. The summed E-state index contributed by atoms with van der Waals surface area (Å²) in [6, 6.07) is 7.38. The molecule has 2 aromatic rings. The predicted octanol–water partition coefficient (Wildman–Crippen LogP) is 0.944. The SMILES string of the molecule is COc1cccc(CNc2nc(NCCN)nc(NC3CCCCNC3=O)n2)c1. The Kier molecular flexibility index (Phi) is 7.40. The molecular weight excluding hydrogens is 372 g/mol. The number of rotatable bonds is 9. The van der Waals surface area contributed by atoms with Crippen LogP contribution in [-0.4, -0.2) is 53.6 Å². The number of hydrogen-bond acceptors (Lipinski definition) is 9. The van der Waals surface area contributed by atoms with Crippen LogP contribution < -0.4 is 31.7 Å². The Bertz CT molecular complexity index is 817. The third-order valence-corrected chi connectivity index (χ3v) is 4.49. The minimum atomic E-state index is -0.367. The van der Waals surface area contributed by atoms with Crippen molar-refractivity contribution < 1.29 is 9.53 Å². The van der Waals surface area contributed by atoms with Crippen molar-refractivity contribution >= 4 is 23.8 Å². The number of methoxy groups -OCH3 is 1. The van der Waals surface area contributed by atoms with Gasteiger partial charge in [0.05, 0.1) is 7.11 Å². The summed E-state index contributed by atoms with van der Waals surface area (Å²) < 4.78 is 5.26. The number of carbonyl (C=O) groups is 1. The summed E-state index contributed by atoms with van der Waals surface area (Å²) in [7, 11) is 1.63. The number of nitrogens with two attached hydrogens (primary N) is 1. The van der Waals surface area contributed by atoms with E-state index in [9.17, 15) is 4.79 Å². The molecule has 3 rings (SSSR count). The van der Waals surface area contributed by atoms with Gasteiger partial charge in [-0.3, -0.25) is 4.79 Å². The summed E-state index contributed by atoms with van der Waals surface area (Å²) in [5, 5.41) is 12.3. The van der Waals surface area contributed by atoms with Gasteiger partial charge in [-0.1, -0.05) is 12.1 Å². The van der Waals surface area contributed by atoms with Crippen LogP contribution in [0.5, 0.6) is 5.75 Å². The predicted molar refractivity (Wildman–Crippen MR) is 112 cm³/mol. The Labute approximate surface area is 170 Å². The van der Waals surface area contributed by atoms with Crippen molar-refractivity contribution in [3.05, 3.63) is 29.8 Å². The molecule has 6 N–H and O–H groups in total. The van der Waals surface area contributed by atoms with E-state index >= 15 is 0 Å². The molecule has 1 aliphatic rings. The summed E-state index contributed by atoms with van der Waals surface area (Å²) in [6.45, 7) is 2.19. The third kappa shape index (κ3) is 6.18. The van der Waals surface area contributed by atoms with Gasteiger partial charge in [-0.25, -0.2) is 0 Å². The van der Waals surface area contributed by atoms with Crippen molar-refractivity contribution in [1.29, 1.82) is 0 Å². The molecule has 1 unspecified atom stereocenters. The van der Waals surface area contributed by atoms with Crippen molar-refractivity contribution in [2.24, 2.45) is 5.73 Å². The number of nitrogens with zero attached hydrogens (tertiary/aromatic N) is 3. The summed E-state index contributed by atoms with van der Waals surface area (Å²) in [6.07, 6.45) is 2.66. The van der Waals surface area contributed by atoms with Gasteiger partial charge in [-0.2, -0.15) is 15.0 Å². The highest BCUT2D eigenvalue weighted by atomic mass is 16.5. The summed E-state index contributed by atoms with van der Waals surface area (Å²) in [4.78, 5) is 25.4. The van der Waals surface area contributed by atoms with Gasteiger partial charge in [-0.15, -0.1) is 0 Å². The maximum Gasteiger partial charge on any atom is 0.242 e. The highest BCUT2D eigenvalue weighted by Gasteiger charge is 2.21. The van der Waals surface area contributed by atoms with Gasteiger partial charge in [0.1, 0.15) is 11.8 Å². The molecule has 0 radical (unpaired) electrons. The van der Waals surface area contributed by atoms with Crippen molar-refractivity contribution in [3.63, 3.8) is 0 Å². The summed E-state index contributed by atoms with van der Waals surface area (Å²) in [5.74, 6) is 1.89. The molecule has 2 heterocycles. The fraction of sp³-hybridized carbons (Fsp3) is 0.474. The lowest BCUT2D eigenvalue weighted by Gasteiger charge is -2.16. The number of aromatic nitrogens is 3. The molecule has 0 spiro atoms. The number of ether oxygens (including phenoxy) is 1. The van der Waals surface area contributed by atoms with Crippen molar-refractivity contribution in [2.45, 2.75) is 31.8 Å². The fourth-order valence-corrected chi connectivity index (χ4v) is 2.98. The molecule has 10 nitrogen and oxygen atoms in total. The number of nitrogens with one attached hydrogen (secondary N) is 4. The first-order chi connectivity index (χ1) is 14.2. The maximum atomic E-state index is 12.2. The van der Waals surface area contributed by atoms with Crippen LogP contribution in [0.3, 0.4) is 0 Å². The standard InChI is InChI=1S/C19H28N8O2/c1-29-14-6-4-5-13(11-14)12-23-18-25-17(22-10-8-20)26-19(27-18)24-15-7-2-3-9-21-16(15)28/h4-6,11,15H,2-3,7-10,12,20H2,1H3,(H,21,28)(H3,22,23,24,25,26,27). The van der Waals surface area contributed by atoms with E-state index in [-0.39, 0.29) is 11.9 Å². The highest BCUT2D eigenvalue weighted by Crippen LogP contribution is 2.16. The Morgan fingerprint density at radius 1 is 1.17 bits per heavy atom. The van der Waals surface area contributed by atoms with E-state index in [1.807, 2.05) is 24.3 Å². The zero-order valence-corrected chi connectivity index (χ0v) is 16.6. The van der Waals surface area contributed by atoms with Gasteiger partial charge in [0, 0.05) is 26.2 Å². The van der Waals surface area contributed by atoms with Crippen LogP contribution in [0.2, 0.25) is 0 Å². The van der Waals surface area contributed by atoms with Gasteiger partial charge >= 0.3 is 0 Å². The molecule has 156 valence electrons. The van der Waals surface area contributed by atoms with Crippen LogP contribution in [0.25, 0.3) is 0 Å². The first-order valence-electron chi connectivity index (χ1n) is 9.79. The average molecular weight is 400 g/mol. The van der Waals surface area contributed by atoms with Crippen LogP contribution in [0.4, 0.5) is 17.8 Å². The van der Waals surface area contributed by atoms with E-state index in [0.29, 0.717) is 44.0 Å². The minimum Gasteiger partial charge on any atom is -0.497 e. The Hall–Kier alpha value is -3.14. The monoisotopic (exact) mass is 400 g/mol. The van der Waals surface area contributed by atoms with E-state index in [2.05, 4.69) is 36.2 Å². The molecule has 29 heavy (non-hydrogen) atoms. The van der Waals surface area contributed by atoms with Gasteiger partial charge in [0.25, 0.3) is 0 Å². The Morgan fingerprint density at radius 3 is 2.76 bits per heavy atom. The number of amides is 1. The second kappa shape index (κ2) is 10.4. The molecule has 1 atom stereocenters. The van der Waals surface area contributed by atoms with Gasteiger partial charge in [0.15, 0.2) is 0 Å². The maximum absolute atomic E-state index is 12.2. The fourth-order valence-electron chi connectivity index (χ4n) is 2.98. The van der Waals surface area contributed by atoms with E-state index in [1.165, 1.54) is 0 Å². The number of carbonyl (C=O) groups excluding carboxylic acids is 1. The molecule has 0 saturated carbocycles. The molecule has 1 fully saturated rings. The second-order valence-electron chi connectivity index (χ2n) is 6.71. The molecule has 0 bridgehead atoms. The highest BCUT2D eigenvalue weighted by molar-refractivity contribution is 5.84. The van der Waals surface area contributed by atoms with Gasteiger partial charge in [-0.05, 0) is 37.0 Å². The lowest BCUT2D eigenvalue weighted by atomic mass is 10.1. The van der Waals surface area contributed by atoms with Crippen molar-refractivity contribution in [2.75, 3.05) is 42.7 Å². The molecular formula is C19H28N8O2. The number of anilines is 3. The third-order valence-electron chi connectivity index (χ3n) is 4.49. The van der Waals surface area contributed by atoms with Crippen LogP contribution in [0, 0.1) is 0 Å². The molecule has 1 aliphatic heterocycles. The first kappa shape index (κ1) is 20.6. The van der Waals surface area contributed by atoms with E-state index in [1.54, 1.807) is 7.11 Å². The number of hydrogen-bond donors (Lipinski definition) is 5. The first-order valence-corrected chi connectivity index (χ1v) is 9.79. The normalized spacial score (nSPS) is 16.5. The van der Waals surface area contributed by atoms with Gasteiger partial charge < -0.3 is 31.7 Å². The van der Waals surface area contributed by atoms with E-state index < -0.39 is 0 Å². The van der Waals surface area contributed by atoms with Crippen LogP contribution in [-0.2, 0) is 11.3 Å². The quantitative estimate of drug-likeness (QED) is 0.416. The lowest BCUT2D eigenvalue weighted by molar-refractivity contribution is -0.121. The zero-order valence-electron chi connectivity index (χ0n) is 16.6. The Balaban J connectivity index is 1.74. The Morgan fingerprint density at radius 2 is 1.97 bits per heavy atom. The van der Waals surface area contributed by atoms with Crippen molar-refractivity contribution in [3.8, 4) is 5.75 Å². The molecule has 1 aromatic carbocycles. The average Bonchev–Trinajstić information content (AvgIpc) is 2.95. The summed E-state index contributed by atoms with van der Waals surface area (Å²) in [5.41, 5.74) is 6.60. The number of benzene rings is 1. The largest absolute Gasteiger partial charge is 0.497 e. The molecule has 0 aliphatic carbocycles. The van der Waals surface area contributed by atoms with E-state index in [4.69, 9.17) is 10.5 Å². The van der Waals surface area contributed by atoms with Crippen molar-refractivity contribution in [1.82, 2.24) is 20.3 Å². The summed E-state index contributed by atoms with van der Waals surface area (Å²) >= 11 is 0. The van der Waals surface area contributed by atoms with Crippen LogP contribution in [0.15, 0.2) is 24.3 Å². The zero-order chi connectivity index (χ0) is 20.5. The minimum absolute atomic E-state index is 0.0368. The molecule has 1 aromatic heterocycles. The molecule has 10 heteroatoms. The van der Waals surface area contributed by atoms with Gasteiger partial charge in [0.2, 0.25) is 23.8 Å². The smallest absolute Gasteiger partial charge is 0.242 e. The molecule has 1 saturated heterocycles. The molecule has 1 amide bonds. The van der Waals surface area contributed by atoms with Crippen LogP contribution >= 0.6 is 0 Å². The lowest BCUT2D eigenvalue weighted by Crippen LogP contribution is -2.38. The topological polar surface area (TPSA) is 139 Å². The van der Waals surface area contributed by atoms with E-state index in [0.717, 1.165) is 30.6 Å².